The molecule has 0 radical (unpaired) electrons. The highest BCUT2D eigenvalue weighted by atomic mass is 16.3. The highest BCUT2D eigenvalue weighted by Gasteiger charge is 2.17. The van der Waals surface area contributed by atoms with Crippen molar-refractivity contribution in [1.29, 1.82) is 0 Å². The zero-order chi connectivity index (χ0) is 14.6. The Morgan fingerprint density at radius 1 is 0.905 bits per heavy atom. The Balaban J connectivity index is 2.13. The smallest absolute Gasteiger partial charge is 0.146 e. The first-order valence-electron chi connectivity index (χ1n) is 7.47. The molecule has 0 atom stereocenters. The Labute approximate surface area is 123 Å². The van der Waals surface area contributed by atoms with Crippen molar-refractivity contribution in [3.8, 4) is 0 Å². The van der Waals surface area contributed by atoms with Gasteiger partial charge in [0.05, 0.1) is 5.39 Å². The Morgan fingerprint density at radius 3 is 2.52 bits per heavy atom. The van der Waals surface area contributed by atoms with Crippen LogP contribution in [0.5, 0.6) is 0 Å². The summed E-state index contributed by atoms with van der Waals surface area (Å²) in [5, 5.41) is 3.42. The van der Waals surface area contributed by atoms with Gasteiger partial charge in [0.2, 0.25) is 0 Å². The van der Waals surface area contributed by atoms with Crippen LogP contribution >= 0.6 is 0 Å². The summed E-state index contributed by atoms with van der Waals surface area (Å²) in [5.74, 6) is 1.68. The minimum absolute atomic E-state index is 0.584. The molecule has 0 unspecified atom stereocenters. The maximum absolute atomic E-state index is 6.23. The fraction of sp³-hybridized carbons (Fsp3) is 0.263. The molecule has 0 N–H and O–H groups in total. The largest absolute Gasteiger partial charge is 0.460 e. The summed E-state index contributed by atoms with van der Waals surface area (Å²) in [6.45, 7) is 6.59. The van der Waals surface area contributed by atoms with E-state index in [1.54, 1.807) is 0 Å². The molecule has 0 amide bonds. The molecular formula is C19H18O2. The van der Waals surface area contributed by atoms with Gasteiger partial charge in [-0.3, -0.25) is 0 Å². The second-order valence-corrected chi connectivity index (χ2v) is 6.16. The number of furan rings is 2. The summed E-state index contributed by atoms with van der Waals surface area (Å²) in [6, 6.07) is 12.3. The van der Waals surface area contributed by atoms with Crippen molar-refractivity contribution in [2.24, 2.45) is 5.92 Å². The molecule has 0 aliphatic rings. The summed E-state index contributed by atoms with van der Waals surface area (Å²) in [5.41, 5.74) is 4.03. The van der Waals surface area contributed by atoms with Crippen LogP contribution in [-0.4, -0.2) is 0 Å². The van der Waals surface area contributed by atoms with Crippen LogP contribution in [0.4, 0.5) is 0 Å². The molecule has 2 aromatic heterocycles. The van der Waals surface area contributed by atoms with Gasteiger partial charge in [-0.1, -0.05) is 32.0 Å². The molecule has 2 heteroatoms. The molecule has 0 saturated heterocycles. The van der Waals surface area contributed by atoms with Crippen LogP contribution < -0.4 is 0 Å². The molecule has 2 heterocycles. The molecule has 2 aromatic carbocycles. The SMILES string of the molecule is Cc1c(CC(C)C)oc2c1ccc1oc3ccccc3c12. The third-order valence-electron chi connectivity index (χ3n) is 4.14. The van der Waals surface area contributed by atoms with Crippen molar-refractivity contribution >= 4 is 32.9 Å². The van der Waals surface area contributed by atoms with E-state index in [0.717, 1.165) is 39.7 Å². The van der Waals surface area contributed by atoms with E-state index in [2.05, 4.69) is 39.0 Å². The van der Waals surface area contributed by atoms with Crippen LogP contribution in [0, 0.1) is 12.8 Å². The van der Waals surface area contributed by atoms with E-state index in [4.69, 9.17) is 8.83 Å². The van der Waals surface area contributed by atoms with Crippen molar-refractivity contribution < 1.29 is 8.83 Å². The van der Waals surface area contributed by atoms with Gasteiger partial charge in [-0.25, -0.2) is 0 Å². The maximum atomic E-state index is 6.23. The van der Waals surface area contributed by atoms with Crippen molar-refractivity contribution in [2.45, 2.75) is 27.2 Å². The van der Waals surface area contributed by atoms with Gasteiger partial charge >= 0.3 is 0 Å². The fourth-order valence-electron chi connectivity index (χ4n) is 3.10. The van der Waals surface area contributed by atoms with E-state index in [0.29, 0.717) is 5.92 Å². The molecule has 0 aliphatic heterocycles. The Hall–Kier alpha value is -2.22. The molecule has 2 nitrogen and oxygen atoms in total. The van der Waals surface area contributed by atoms with Crippen LogP contribution in [-0.2, 0) is 6.42 Å². The lowest BCUT2D eigenvalue weighted by Gasteiger charge is -2.01. The van der Waals surface area contributed by atoms with Crippen LogP contribution in [0.25, 0.3) is 32.9 Å². The van der Waals surface area contributed by atoms with E-state index in [1.165, 1.54) is 10.9 Å². The van der Waals surface area contributed by atoms with Gasteiger partial charge < -0.3 is 8.83 Å². The predicted molar refractivity (Wildman–Crippen MR) is 86.8 cm³/mol. The minimum atomic E-state index is 0.584. The fourth-order valence-corrected chi connectivity index (χ4v) is 3.10. The highest BCUT2D eigenvalue weighted by Crippen LogP contribution is 2.38. The summed E-state index contributed by atoms with van der Waals surface area (Å²) < 4.78 is 12.2. The summed E-state index contributed by atoms with van der Waals surface area (Å²) in [6.07, 6.45) is 0.970. The molecule has 4 aromatic rings. The zero-order valence-electron chi connectivity index (χ0n) is 12.6. The molecule has 106 valence electrons. The summed E-state index contributed by atoms with van der Waals surface area (Å²) in [7, 11) is 0. The van der Waals surface area contributed by atoms with E-state index in [1.807, 2.05) is 18.2 Å². The Kier molecular flexibility index (Phi) is 2.61. The van der Waals surface area contributed by atoms with Gasteiger partial charge in [-0.05, 0) is 36.6 Å². The van der Waals surface area contributed by atoms with E-state index >= 15 is 0 Å². The average Bonchev–Trinajstić information content (AvgIpc) is 2.97. The lowest BCUT2D eigenvalue weighted by atomic mass is 10.0. The quantitative estimate of drug-likeness (QED) is 0.460. The second-order valence-electron chi connectivity index (χ2n) is 6.16. The monoisotopic (exact) mass is 278 g/mol. The number of hydrogen-bond acceptors (Lipinski definition) is 2. The molecule has 0 fully saturated rings. The lowest BCUT2D eigenvalue weighted by molar-refractivity contribution is 0.498. The lowest BCUT2D eigenvalue weighted by Crippen LogP contribution is -1.93. The van der Waals surface area contributed by atoms with Gasteiger partial charge in [0, 0.05) is 17.2 Å². The van der Waals surface area contributed by atoms with Crippen molar-refractivity contribution in [3.05, 3.63) is 47.7 Å². The summed E-state index contributed by atoms with van der Waals surface area (Å²) in [4.78, 5) is 0. The zero-order valence-corrected chi connectivity index (χ0v) is 12.6. The van der Waals surface area contributed by atoms with E-state index in [-0.39, 0.29) is 0 Å². The van der Waals surface area contributed by atoms with E-state index < -0.39 is 0 Å². The number of aryl methyl sites for hydroxylation is 1. The topological polar surface area (TPSA) is 26.3 Å². The number of fused-ring (bicyclic) bond motifs is 5. The standard InChI is InChI=1S/C19H18O2/c1-11(2)10-17-12(3)13-8-9-16-18(19(13)21-17)14-6-4-5-7-15(14)20-16/h4-9,11H,10H2,1-3H3. The first kappa shape index (κ1) is 12.5. The minimum Gasteiger partial charge on any atom is -0.460 e. The van der Waals surface area contributed by atoms with Crippen LogP contribution in [0.3, 0.4) is 0 Å². The molecule has 0 saturated carbocycles. The van der Waals surface area contributed by atoms with Gasteiger partial charge in [-0.2, -0.15) is 0 Å². The number of hydrogen-bond donors (Lipinski definition) is 0. The molecule has 0 aliphatic carbocycles. The first-order chi connectivity index (χ1) is 10.1. The van der Waals surface area contributed by atoms with Crippen LogP contribution in [0.2, 0.25) is 0 Å². The molecule has 0 spiro atoms. The van der Waals surface area contributed by atoms with Crippen molar-refractivity contribution in [2.75, 3.05) is 0 Å². The normalized spacial score (nSPS) is 12.2. The highest BCUT2D eigenvalue weighted by molar-refractivity contribution is 6.17. The molecular weight excluding hydrogens is 260 g/mol. The third kappa shape index (κ3) is 1.79. The number of rotatable bonds is 2. The van der Waals surface area contributed by atoms with Crippen molar-refractivity contribution in [3.63, 3.8) is 0 Å². The van der Waals surface area contributed by atoms with Crippen LogP contribution in [0.15, 0.2) is 45.2 Å². The molecule has 4 rings (SSSR count). The van der Waals surface area contributed by atoms with Gasteiger partial charge in [0.15, 0.2) is 0 Å². The Bertz CT molecular complexity index is 954. The number of para-hydroxylation sites is 1. The van der Waals surface area contributed by atoms with Gasteiger partial charge in [0.1, 0.15) is 22.5 Å². The van der Waals surface area contributed by atoms with Gasteiger partial charge in [0.25, 0.3) is 0 Å². The first-order valence-corrected chi connectivity index (χ1v) is 7.47. The summed E-state index contributed by atoms with van der Waals surface area (Å²) >= 11 is 0. The second kappa shape index (κ2) is 4.39. The molecule has 21 heavy (non-hydrogen) atoms. The Morgan fingerprint density at radius 2 is 1.71 bits per heavy atom. The number of benzene rings is 2. The van der Waals surface area contributed by atoms with Crippen molar-refractivity contribution in [1.82, 2.24) is 0 Å². The third-order valence-corrected chi connectivity index (χ3v) is 4.14. The van der Waals surface area contributed by atoms with E-state index in [9.17, 15) is 0 Å². The maximum Gasteiger partial charge on any atom is 0.146 e. The average molecular weight is 278 g/mol. The predicted octanol–water partition coefficient (Wildman–Crippen LogP) is 5.84. The van der Waals surface area contributed by atoms with Crippen LogP contribution in [0.1, 0.15) is 25.2 Å². The molecule has 0 bridgehead atoms. The van der Waals surface area contributed by atoms with Gasteiger partial charge in [-0.15, -0.1) is 0 Å².